The van der Waals surface area contributed by atoms with Gasteiger partial charge in [0.25, 0.3) is 0 Å². The Hall–Kier alpha value is -1.54. The second-order valence-electron chi connectivity index (χ2n) is 4.13. The molecule has 2 atom stereocenters. The second kappa shape index (κ2) is 8.59. The second-order valence-corrected chi connectivity index (χ2v) is 4.13. The molecule has 0 saturated heterocycles. The molecular weight excluding hydrogens is 220 g/mol. The zero-order valence-electron chi connectivity index (χ0n) is 10.1. The van der Waals surface area contributed by atoms with E-state index in [2.05, 4.69) is 11.2 Å². The minimum Gasteiger partial charge on any atom is -0.481 e. The van der Waals surface area contributed by atoms with E-state index in [1.807, 2.05) is 6.92 Å². The minimum atomic E-state index is -0.795. The van der Waals surface area contributed by atoms with Gasteiger partial charge in [-0.2, -0.15) is 0 Å². The highest BCUT2D eigenvalue weighted by molar-refractivity contribution is 5.81. The number of terminal acetylenes is 1. The number of nitrogens with two attached hydrogens (primary N) is 1. The molecule has 2 unspecified atom stereocenters. The number of amides is 1. The van der Waals surface area contributed by atoms with Crippen LogP contribution in [0.15, 0.2) is 0 Å². The predicted molar refractivity (Wildman–Crippen MR) is 65.1 cm³/mol. The molecule has 4 N–H and O–H groups in total. The standard InChI is InChI=1S/C12H20N2O3/c1-3-4-10(13)12(17)14-8-7-9(2)5-6-11(15)16/h1,9-10H,4-8,13H2,2H3,(H,14,17)(H,15,16). The highest BCUT2D eigenvalue weighted by Gasteiger charge is 2.12. The number of hydrogen-bond donors (Lipinski definition) is 3. The Kier molecular flexibility index (Phi) is 7.82. The first-order chi connectivity index (χ1) is 7.97. The highest BCUT2D eigenvalue weighted by Crippen LogP contribution is 2.09. The van der Waals surface area contributed by atoms with Crippen LogP contribution in [0.1, 0.15) is 32.6 Å². The summed E-state index contributed by atoms with van der Waals surface area (Å²) in [7, 11) is 0. The monoisotopic (exact) mass is 240 g/mol. The lowest BCUT2D eigenvalue weighted by molar-refractivity contribution is -0.137. The molecule has 17 heavy (non-hydrogen) atoms. The molecule has 0 saturated carbocycles. The molecule has 0 aliphatic rings. The lowest BCUT2D eigenvalue weighted by Crippen LogP contribution is -2.40. The fraction of sp³-hybridized carbons (Fsp3) is 0.667. The summed E-state index contributed by atoms with van der Waals surface area (Å²) in [6, 6.07) is -0.658. The summed E-state index contributed by atoms with van der Waals surface area (Å²) < 4.78 is 0. The van der Waals surface area contributed by atoms with Crippen LogP contribution in [0.3, 0.4) is 0 Å². The van der Waals surface area contributed by atoms with Gasteiger partial charge >= 0.3 is 5.97 Å². The van der Waals surface area contributed by atoms with Gasteiger partial charge in [0.2, 0.25) is 5.91 Å². The van der Waals surface area contributed by atoms with Crippen LogP contribution in [0.5, 0.6) is 0 Å². The van der Waals surface area contributed by atoms with Crippen LogP contribution in [0.25, 0.3) is 0 Å². The van der Waals surface area contributed by atoms with Gasteiger partial charge in [0.15, 0.2) is 0 Å². The van der Waals surface area contributed by atoms with Crippen LogP contribution in [0.4, 0.5) is 0 Å². The number of aliphatic carboxylic acids is 1. The quantitative estimate of drug-likeness (QED) is 0.533. The molecule has 0 radical (unpaired) electrons. The molecule has 0 aromatic heterocycles. The van der Waals surface area contributed by atoms with Crippen molar-refractivity contribution in [3.63, 3.8) is 0 Å². The molecule has 0 aromatic rings. The summed E-state index contributed by atoms with van der Waals surface area (Å²) in [6.45, 7) is 2.45. The molecule has 0 aliphatic heterocycles. The van der Waals surface area contributed by atoms with Crippen molar-refractivity contribution in [1.82, 2.24) is 5.32 Å². The van der Waals surface area contributed by atoms with E-state index < -0.39 is 12.0 Å². The summed E-state index contributed by atoms with van der Waals surface area (Å²) in [5.74, 6) is 1.54. The number of carboxylic acid groups (broad SMARTS) is 1. The molecule has 0 bridgehead atoms. The molecule has 0 aromatic carbocycles. The SMILES string of the molecule is C#CCC(N)C(=O)NCCC(C)CCC(=O)O. The van der Waals surface area contributed by atoms with Gasteiger partial charge in [-0.15, -0.1) is 12.3 Å². The lowest BCUT2D eigenvalue weighted by Gasteiger charge is -2.12. The van der Waals surface area contributed by atoms with E-state index in [0.717, 1.165) is 6.42 Å². The molecule has 96 valence electrons. The fourth-order valence-corrected chi connectivity index (χ4v) is 1.31. The maximum Gasteiger partial charge on any atom is 0.303 e. The molecule has 0 rings (SSSR count). The van der Waals surface area contributed by atoms with Crippen molar-refractivity contribution in [3.8, 4) is 12.3 Å². The Morgan fingerprint density at radius 3 is 2.65 bits per heavy atom. The summed E-state index contributed by atoms with van der Waals surface area (Å²) in [5, 5.41) is 11.2. The van der Waals surface area contributed by atoms with Gasteiger partial charge in [-0.25, -0.2) is 0 Å². The smallest absolute Gasteiger partial charge is 0.303 e. The van der Waals surface area contributed by atoms with Crippen molar-refractivity contribution in [1.29, 1.82) is 0 Å². The molecule has 0 fully saturated rings. The summed E-state index contributed by atoms with van der Waals surface area (Å²) in [4.78, 5) is 21.7. The van der Waals surface area contributed by atoms with Crippen molar-refractivity contribution in [2.45, 2.75) is 38.6 Å². The molecule has 0 aliphatic carbocycles. The van der Waals surface area contributed by atoms with Gasteiger partial charge in [-0.1, -0.05) is 6.92 Å². The van der Waals surface area contributed by atoms with Crippen LogP contribution in [0.2, 0.25) is 0 Å². The van der Waals surface area contributed by atoms with E-state index in [4.69, 9.17) is 17.3 Å². The summed E-state index contributed by atoms with van der Waals surface area (Å²) in [5.41, 5.74) is 5.51. The van der Waals surface area contributed by atoms with Crippen LogP contribution in [0, 0.1) is 18.3 Å². The number of carbonyl (C=O) groups is 2. The van der Waals surface area contributed by atoms with Gasteiger partial charge in [-0.3, -0.25) is 9.59 Å². The van der Waals surface area contributed by atoms with Crippen LogP contribution in [-0.4, -0.2) is 29.6 Å². The third-order valence-corrected chi connectivity index (χ3v) is 2.46. The summed E-state index contributed by atoms with van der Waals surface area (Å²) >= 11 is 0. The van der Waals surface area contributed by atoms with Crippen LogP contribution >= 0.6 is 0 Å². The van der Waals surface area contributed by atoms with E-state index in [0.29, 0.717) is 13.0 Å². The zero-order valence-corrected chi connectivity index (χ0v) is 10.1. The largest absolute Gasteiger partial charge is 0.481 e. The average molecular weight is 240 g/mol. The van der Waals surface area contributed by atoms with E-state index >= 15 is 0 Å². The fourth-order valence-electron chi connectivity index (χ4n) is 1.31. The van der Waals surface area contributed by atoms with Crippen LogP contribution < -0.4 is 11.1 Å². The number of nitrogens with one attached hydrogen (secondary N) is 1. The van der Waals surface area contributed by atoms with Gasteiger partial charge in [0, 0.05) is 19.4 Å². The first kappa shape index (κ1) is 15.5. The lowest BCUT2D eigenvalue weighted by atomic mass is 10.0. The van der Waals surface area contributed by atoms with Crippen LogP contribution in [-0.2, 0) is 9.59 Å². The van der Waals surface area contributed by atoms with E-state index in [1.54, 1.807) is 0 Å². The number of rotatable bonds is 8. The Morgan fingerprint density at radius 2 is 2.12 bits per heavy atom. The molecule has 0 spiro atoms. The number of hydrogen-bond acceptors (Lipinski definition) is 3. The Labute approximate surface area is 102 Å². The van der Waals surface area contributed by atoms with E-state index in [1.165, 1.54) is 0 Å². The Morgan fingerprint density at radius 1 is 1.47 bits per heavy atom. The van der Waals surface area contributed by atoms with Crippen molar-refractivity contribution < 1.29 is 14.7 Å². The van der Waals surface area contributed by atoms with Crippen molar-refractivity contribution in [3.05, 3.63) is 0 Å². The molecular formula is C12H20N2O3. The Bertz CT molecular complexity index is 297. The first-order valence-corrected chi connectivity index (χ1v) is 5.66. The van der Waals surface area contributed by atoms with Gasteiger partial charge in [-0.05, 0) is 18.8 Å². The van der Waals surface area contributed by atoms with E-state index in [9.17, 15) is 9.59 Å². The highest BCUT2D eigenvalue weighted by atomic mass is 16.4. The van der Waals surface area contributed by atoms with Crippen molar-refractivity contribution in [2.75, 3.05) is 6.54 Å². The maximum absolute atomic E-state index is 11.4. The first-order valence-electron chi connectivity index (χ1n) is 5.66. The normalized spacial score (nSPS) is 13.5. The van der Waals surface area contributed by atoms with Crippen molar-refractivity contribution in [2.24, 2.45) is 11.7 Å². The van der Waals surface area contributed by atoms with Gasteiger partial charge in [0.1, 0.15) is 0 Å². The van der Waals surface area contributed by atoms with Crippen molar-refractivity contribution >= 4 is 11.9 Å². The topological polar surface area (TPSA) is 92.4 Å². The number of carbonyl (C=O) groups excluding carboxylic acids is 1. The maximum atomic E-state index is 11.4. The van der Waals surface area contributed by atoms with Gasteiger partial charge in [0.05, 0.1) is 6.04 Å². The summed E-state index contributed by atoms with van der Waals surface area (Å²) in [6.07, 6.45) is 6.78. The Balaban J connectivity index is 3.66. The molecule has 5 heteroatoms. The minimum absolute atomic E-state index is 0.158. The molecule has 0 heterocycles. The third-order valence-electron chi connectivity index (χ3n) is 2.46. The predicted octanol–water partition coefficient (Wildman–Crippen LogP) is 0.344. The average Bonchev–Trinajstić information content (AvgIpc) is 2.26. The molecule has 5 nitrogen and oxygen atoms in total. The molecule has 1 amide bonds. The number of carboxylic acids is 1. The van der Waals surface area contributed by atoms with Gasteiger partial charge < -0.3 is 16.2 Å². The van der Waals surface area contributed by atoms with E-state index in [-0.39, 0.29) is 24.7 Å². The zero-order chi connectivity index (χ0) is 13.3. The third kappa shape index (κ3) is 8.29.